The lowest BCUT2D eigenvalue weighted by Gasteiger charge is -2.14. The minimum atomic E-state index is -0.389. The van der Waals surface area contributed by atoms with E-state index in [-0.39, 0.29) is 10.6 Å². The van der Waals surface area contributed by atoms with Crippen LogP contribution in [0.1, 0.15) is 5.56 Å². The van der Waals surface area contributed by atoms with Crippen LogP contribution in [0.15, 0.2) is 46.9 Å². The molecule has 2 aromatic carbocycles. The van der Waals surface area contributed by atoms with Crippen molar-refractivity contribution in [3.63, 3.8) is 0 Å². The van der Waals surface area contributed by atoms with E-state index in [2.05, 4.69) is 21.2 Å². The second-order valence-corrected chi connectivity index (χ2v) is 5.60. The molecular weight excluding hydrogens is 334 g/mol. The zero-order valence-corrected chi connectivity index (χ0v) is 13.4. The first-order valence-corrected chi connectivity index (χ1v) is 7.21. The van der Waals surface area contributed by atoms with Gasteiger partial charge in [-0.15, -0.1) is 0 Å². The summed E-state index contributed by atoms with van der Waals surface area (Å²) in [4.78, 5) is 12.6. The monoisotopic (exact) mass is 349 g/mol. The number of nitro groups is 1. The Morgan fingerprint density at radius 2 is 1.95 bits per heavy atom. The largest absolute Gasteiger partial charge is 0.381 e. The van der Waals surface area contributed by atoms with Gasteiger partial charge in [-0.1, -0.05) is 18.2 Å². The van der Waals surface area contributed by atoms with E-state index in [1.54, 1.807) is 6.07 Å². The summed E-state index contributed by atoms with van der Waals surface area (Å²) in [5.74, 6) is 0. The SMILES string of the molecule is CN(C)c1cccc(NCc2cccc([N+](=O)[O-])c2Br)c1. The average molecular weight is 350 g/mol. The summed E-state index contributed by atoms with van der Waals surface area (Å²) in [6, 6.07) is 13.0. The minimum absolute atomic E-state index is 0.0799. The highest BCUT2D eigenvalue weighted by molar-refractivity contribution is 9.10. The number of rotatable bonds is 5. The quantitative estimate of drug-likeness (QED) is 0.653. The van der Waals surface area contributed by atoms with Gasteiger partial charge in [-0.25, -0.2) is 0 Å². The van der Waals surface area contributed by atoms with E-state index in [9.17, 15) is 10.1 Å². The molecule has 0 aliphatic rings. The van der Waals surface area contributed by atoms with Crippen LogP contribution in [-0.4, -0.2) is 19.0 Å². The van der Waals surface area contributed by atoms with Crippen LogP contribution in [0.25, 0.3) is 0 Å². The Labute approximate surface area is 131 Å². The van der Waals surface area contributed by atoms with Crippen LogP contribution >= 0.6 is 15.9 Å². The summed E-state index contributed by atoms with van der Waals surface area (Å²) >= 11 is 3.30. The van der Waals surface area contributed by atoms with Crippen LogP contribution in [0.4, 0.5) is 17.1 Å². The van der Waals surface area contributed by atoms with Crippen molar-refractivity contribution in [2.75, 3.05) is 24.3 Å². The van der Waals surface area contributed by atoms with E-state index in [1.807, 2.05) is 49.3 Å². The number of nitrogens with zero attached hydrogens (tertiary/aromatic N) is 2. The summed E-state index contributed by atoms with van der Waals surface area (Å²) in [5.41, 5.74) is 2.99. The van der Waals surface area contributed by atoms with Gasteiger partial charge in [0.05, 0.1) is 4.92 Å². The second kappa shape index (κ2) is 6.58. The average Bonchev–Trinajstić information content (AvgIpc) is 2.46. The van der Waals surface area contributed by atoms with Crippen molar-refractivity contribution < 1.29 is 4.92 Å². The summed E-state index contributed by atoms with van der Waals surface area (Å²) in [6.07, 6.45) is 0. The first-order chi connectivity index (χ1) is 9.99. The van der Waals surface area contributed by atoms with E-state index in [1.165, 1.54) is 6.07 Å². The molecule has 0 saturated carbocycles. The first-order valence-electron chi connectivity index (χ1n) is 6.42. The lowest BCUT2D eigenvalue weighted by atomic mass is 10.2. The highest BCUT2D eigenvalue weighted by Gasteiger charge is 2.14. The molecule has 0 fully saturated rings. The van der Waals surface area contributed by atoms with Crippen molar-refractivity contribution in [2.45, 2.75) is 6.54 Å². The van der Waals surface area contributed by atoms with Crippen molar-refractivity contribution in [3.05, 3.63) is 62.6 Å². The van der Waals surface area contributed by atoms with E-state index in [0.29, 0.717) is 11.0 Å². The van der Waals surface area contributed by atoms with Crippen molar-refractivity contribution in [1.82, 2.24) is 0 Å². The van der Waals surface area contributed by atoms with Crippen LogP contribution in [0.3, 0.4) is 0 Å². The maximum atomic E-state index is 10.9. The lowest BCUT2D eigenvalue weighted by molar-refractivity contribution is -0.385. The molecule has 0 bridgehead atoms. The zero-order chi connectivity index (χ0) is 15.4. The molecule has 0 aliphatic heterocycles. The van der Waals surface area contributed by atoms with Crippen LogP contribution < -0.4 is 10.2 Å². The Morgan fingerprint density at radius 1 is 1.24 bits per heavy atom. The lowest BCUT2D eigenvalue weighted by Crippen LogP contribution is -2.09. The van der Waals surface area contributed by atoms with Gasteiger partial charge < -0.3 is 10.2 Å². The number of anilines is 2. The Balaban J connectivity index is 2.15. The molecule has 2 rings (SSSR count). The van der Waals surface area contributed by atoms with Gasteiger partial charge in [0.25, 0.3) is 5.69 Å². The molecule has 0 unspecified atom stereocenters. The molecule has 2 aromatic rings. The Hall–Kier alpha value is -2.08. The molecule has 5 nitrogen and oxygen atoms in total. The van der Waals surface area contributed by atoms with E-state index in [4.69, 9.17) is 0 Å². The molecule has 0 spiro atoms. The summed E-state index contributed by atoms with van der Waals surface area (Å²) in [7, 11) is 3.96. The highest BCUT2D eigenvalue weighted by Crippen LogP contribution is 2.29. The fourth-order valence-corrected chi connectivity index (χ4v) is 2.48. The second-order valence-electron chi connectivity index (χ2n) is 4.81. The maximum absolute atomic E-state index is 10.9. The molecule has 1 N–H and O–H groups in total. The third-order valence-corrected chi connectivity index (χ3v) is 4.02. The topological polar surface area (TPSA) is 58.4 Å². The molecule has 6 heteroatoms. The number of benzene rings is 2. The molecule has 0 radical (unpaired) electrons. The highest BCUT2D eigenvalue weighted by atomic mass is 79.9. The molecule has 0 aliphatic carbocycles. The molecule has 0 atom stereocenters. The maximum Gasteiger partial charge on any atom is 0.283 e. The van der Waals surface area contributed by atoms with Crippen LogP contribution in [-0.2, 0) is 6.54 Å². The van der Waals surface area contributed by atoms with Gasteiger partial charge in [0.2, 0.25) is 0 Å². The predicted octanol–water partition coefficient (Wildman–Crippen LogP) is 4.04. The molecule has 0 aromatic heterocycles. The number of nitro benzene ring substituents is 1. The Kier molecular flexibility index (Phi) is 4.80. The normalized spacial score (nSPS) is 10.2. The van der Waals surface area contributed by atoms with Crippen molar-refractivity contribution in [1.29, 1.82) is 0 Å². The van der Waals surface area contributed by atoms with Crippen molar-refractivity contribution in [3.8, 4) is 0 Å². The van der Waals surface area contributed by atoms with Gasteiger partial charge in [-0.3, -0.25) is 10.1 Å². The van der Waals surface area contributed by atoms with Crippen molar-refractivity contribution >= 4 is 33.0 Å². The third-order valence-electron chi connectivity index (χ3n) is 3.10. The summed E-state index contributed by atoms with van der Waals surface area (Å²) in [5, 5.41) is 14.2. The number of nitrogens with one attached hydrogen (secondary N) is 1. The van der Waals surface area contributed by atoms with Gasteiger partial charge in [-0.2, -0.15) is 0 Å². The van der Waals surface area contributed by atoms with Gasteiger partial charge in [0, 0.05) is 38.1 Å². The number of hydrogen-bond acceptors (Lipinski definition) is 4. The Morgan fingerprint density at radius 3 is 2.62 bits per heavy atom. The number of hydrogen-bond donors (Lipinski definition) is 1. The summed E-state index contributed by atoms with van der Waals surface area (Å²) in [6.45, 7) is 0.513. The van der Waals surface area contributed by atoms with Gasteiger partial charge >= 0.3 is 0 Å². The minimum Gasteiger partial charge on any atom is -0.381 e. The smallest absolute Gasteiger partial charge is 0.283 e. The fourth-order valence-electron chi connectivity index (χ4n) is 1.94. The zero-order valence-electron chi connectivity index (χ0n) is 11.8. The van der Waals surface area contributed by atoms with Crippen molar-refractivity contribution in [2.24, 2.45) is 0 Å². The molecule has 110 valence electrons. The first kappa shape index (κ1) is 15.3. The molecule has 0 amide bonds. The van der Waals surface area contributed by atoms with E-state index in [0.717, 1.165) is 16.9 Å². The van der Waals surface area contributed by atoms with E-state index >= 15 is 0 Å². The van der Waals surface area contributed by atoms with Crippen LogP contribution in [0.5, 0.6) is 0 Å². The molecular formula is C15H16BrN3O2. The summed E-state index contributed by atoms with van der Waals surface area (Å²) < 4.78 is 0.520. The molecule has 0 saturated heterocycles. The van der Waals surface area contributed by atoms with Gasteiger partial charge in [0.15, 0.2) is 0 Å². The predicted molar refractivity (Wildman–Crippen MR) is 88.9 cm³/mol. The van der Waals surface area contributed by atoms with E-state index < -0.39 is 0 Å². The van der Waals surface area contributed by atoms with Crippen LogP contribution in [0, 0.1) is 10.1 Å². The Bertz CT molecular complexity index is 659. The number of halogens is 1. The van der Waals surface area contributed by atoms with Crippen LogP contribution in [0.2, 0.25) is 0 Å². The molecule has 0 heterocycles. The van der Waals surface area contributed by atoms with Gasteiger partial charge in [0.1, 0.15) is 4.47 Å². The van der Waals surface area contributed by atoms with Gasteiger partial charge in [-0.05, 0) is 39.7 Å². The molecule has 21 heavy (non-hydrogen) atoms. The third kappa shape index (κ3) is 3.72. The fraction of sp³-hybridized carbons (Fsp3) is 0.200. The standard InChI is InChI=1S/C15H16BrN3O2/c1-18(2)13-7-4-6-12(9-13)17-10-11-5-3-8-14(15(11)16)19(20)21/h3-9,17H,10H2,1-2H3.